The predicted molar refractivity (Wildman–Crippen MR) is 68.8 cm³/mol. The largest absolute Gasteiger partial charge is 0.380 e. The fourth-order valence-electron chi connectivity index (χ4n) is 1.59. The van der Waals surface area contributed by atoms with Crippen molar-refractivity contribution in [1.82, 2.24) is 14.7 Å². The zero-order chi connectivity index (χ0) is 12.0. The Morgan fingerprint density at radius 3 is 2.62 bits per heavy atom. The van der Waals surface area contributed by atoms with E-state index in [4.69, 9.17) is 0 Å². The van der Waals surface area contributed by atoms with Gasteiger partial charge in [-0.3, -0.25) is 4.68 Å². The van der Waals surface area contributed by atoms with Crippen LogP contribution in [0.1, 0.15) is 26.7 Å². The van der Waals surface area contributed by atoms with E-state index in [0.29, 0.717) is 6.04 Å². The summed E-state index contributed by atoms with van der Waals surface area (Å²) >= 11 is 0. The Morgan fingerprint density at radius 1 is 1.38 bits per heavy atom. The summed E-state index contributed by atoms with van der Waals surface area (Å²) in [6.45, 7) is 6.37. The molecule has 0 saturated carbocycles. The molecule has 0 aliphatic rings. The summed E-state index contributed by atoms with van der Waals surface area (Å²) in [5.74, 6) is 0. The molecule has 0 amide bonds. The summed E-state index contributed by atoms with van der Waals surface area (Å²) in [6.07, 6.45) is 6.30. The van der Waals surface area contributed by atoms with Crippen LogP contribution >= 0.6 is 0 Å². The minimum absolute atomic E-state index is 0.562. The number of hydrogen-bond acceptors (Lipinski definition) is 3. The van der Waals surface area contributed by atoms with E-state index in [-0.39, 0.29) is 0 Å². The molecule has 92 valence electrons. The third-order valence-corrected chi connectivity index (χ3v) is 2.77. The van der Waals surface area contributed by atoms with E-state index >= 15 is 0 Å². The maximum Gasteiger partial charge on any atom is 0.0728 e. The Labute approximate surface area is 98.6 Å². The van der Waals surface area contributed by atoms with Crippen molar-refractivity contribution in [2.75, 3.05) is 26.0 Å². The molecular formula is C12H24N4. The van der Waals surface area contributed by atoms with Gasteiger partial charge in [0.2, 0.25) is 0 Å². The van der Waals surface area contributed by atoms with E-state index in [0.717, 1.165) is 31.6 Å². The topological polar surface area (TPSA) is 33.1 Å². The average Bonchev–Trinajstić information content (AvgIpc) is 2.70. The molecule has 1 aromatic rings. The van der Waals surface area contributed by atoms with E-state index in [9.17, 15) is 0 Å². The first-order valence-corrected chi connectivity index (χ1v) is 6.09. The van der Waals surface area contributed by atoms with E-state index < -0.39 is 0 Å². The van der Waals surface area contributed by atoms with Gasteiger partial charge >= 0.3 is 0 Å². The summed E-state index contributed by atoms with van der Waals surface area (Å²) < 4.78 is 1.99. The minimum atomic E-state index is 0.562. The molecular weight excluding hydrogens is 200 g/mol. The van der Waals surface area contributed by atoms with Gasteiger partial charge in [0.05, 0.1) is 18.4 Å². The SMILES string of the molecule is CCC(CC)Nc1cnn(CCN(C)C)c1. The standard InChI is InChI=1S/C12H24N4/c1-5-11(6-2)14-12-9-13-16(10-12)8-7-15(3)4/h9-11,14H,5-8H2,1-4H3. The van der Waals surface area contributed by atoms with Crippen LogP contribution < -0.4 is 5.32 Å². The van der Waals surface area contributed by atoms with Crippen molar-refractivity contribution in [3.8, 4) is 0 Å². The van der Waals surface area contributed by atoms with Gasteiger partial charge in [0.1, 0.15) is 0 Å². The van der Waals surface area contributed by atoms with Crippen molar-refractivity contribution in [3.63, 3.8) is 0 Å². The number of nitrogens with zero attached hydrogens (tertiary/aromatic N) is 3. The second kappa shape index (κ2) is 6.53. The van der Waals surface area contributed by atoms with Gasteiger partial charge in [-0.1, -0.05) is 13.8 Å². The van der Waals surface area contributed by atoms with Crippen LogP contribution in [0.25, 0.3) is 0 Å². The molecule has 1 aromatic heterocycles. The highest BCUT2D eigenvalue weighted by atomic mass is 15.3. The molecule has 0 aromatic carbocycles. The number of hydrogen-bond donors (Lipinski definition) is 1. The van der Waals surface area contributed by atoms with Crippen LogP contribution in [-0.2, 0) is 6.54 Å². The maximum absolute atomic E-state index is 4.34. The van der Waals surface area contributed by atoms with Gasteiger partial charge < -0.3 is 10.2 Å². The highest BCUT2D eigenvalue weighted by Gasteiger charge is 2.04. The van der Waals surface area contributed by atoms with Crippen molar-refractivity contribution in [2.24, 2.45) is 0 Å². The van der Waals surface area contributed by atoms with Crippen molar-refractivity contribution >= 4 is 5.69 Å². The monoisotopic (exact) mass is 224 g/mol. The molecule has 0 spiro atoms. The first-order chi connectivity index (χ1) is 7.65. The third kappa shape index (κ3) is 4.23. The van der Waals surface area contributed by atoms with E-state index in [1.165, 1.54) is 0 Å². The Hall–Kier alpha value is -1.03. The normalized spacial score (nSPS) is 11.4. The average molecular weight is 224 g/mol. The second-order valence-electron chi connectivity index (χ2n) is 4.45. The molecule has 1 heterocycles. The fourth-order valence-corrected chi connectivity index (χ4v) is 1.59. The number of likely N-dealkylation sites (N-methyl/N-ethyl adjacent to an activating group) is 1. The van der Waals surface area contributed by atoms with E-state index in [1.54, 1.807) is 0 Å². The van der Waals surface area contributed by atoms with Crippen molar-refractivity contribution in [3.05, 3.63) is 12.4 Å². The van der Waals surface area contributed by atoms with Gasteiger partial charge in [0.25, 0.3) is 0 Å². The van der Waals surface area contributed by atoms with Gasteiger partial charge in [-0.15, -0.1) is 0 Å². The highest BCUT2D eigenvalue weighted by molar-refractivity contribution is 5.39. The van der Waals surface area contributed by atoms with Crippen molar-refractivity contribution in [2.45, 2.75) is 39.3 Å². The Morgan fingerprint density at radius 2 is 2.06 bits per heavy atom. The van der Waals surface area contributed by atoms with Crippen molar-refractivity contribution < 1.29 is 0 Å². The van der Waals surface area contributed by atoms with Gasteiger partial charge in [-0.25, -0.2) is 0 Å². The zero-order valence-corrected chi connectivity index (χ0v) is 10.9. The molecule has 0 unspecified atom stereocenters. The summed E-state index contributed by atoms with van der Waals surface area (Å²) in [5.41, 5.74) is 1.13. The lowest BCUT2D eigenvalue weighted by molar-refractivity contribution is 0.373. The molecule has 0 aliphatic heterocycles. The molecule has 0 fully saturated rings. The van der Waals surface area contributed by atoms with Crippen LogP contribution in [0.4, 0.5) is 5.69 Å². The number of aromatic nitrogens is 2. The van der Waals surface area contributed by atoms with Crippen LogP contribution in [0.5, 0.6) is 0 Å². The summed E-state index contributed by atoms with van der Waals surface area (Å²) in [7, 11) is 4.15. The molecule has 16 heavy (non-hydrogen) atoms. The van der Waals surface area contributed by atoms with Gasteiger partial charge in [0, 0.05) is 18.8 Å². The van der Waals surface area contributed by atoms with Crippen molar-refractivity contribution in [1.29, 1.82) is 0 Å². The van der Waals surface area contributed by atoms with Gasteiger partial charge in [-0.05, 0) is 26.9 Å². The van der Waals surface area contributed by atoms with E-state index in [1.807, 2.05) is 10.9 Å². The van der Waals surface area contributed by atoms with Gasteiger partial charge in [-0.2, -0.15) is 5.10 Å². The van der Waals surface area contributed by atoms with Crippen LogP contribution in [-0.4, -0.2) is 41.4 Å². The lowest BCUT2D eigenvalue weighted by atomic mass is 10.2. The summed E-state index contributed by atoms with van der Waals surface area (Å²) in [4.78, 5) is 2.16. The van der Waals surface area contributed by atoms with Crippen LogP contribution in [0.2, 0.25) is 0 Å². The van der Waals surface area contributed by atoms with Crippen LogP contribution in [0.15, 0.2) is 12.4 Å². The Kier molecular flexibility index (Phi) is 5.32. The molecule has 0 radical (unpaired) electrons. The molecule has 4 nitrogen and oxygen atoms in total. The predicted octanol–water partition coefficient (Wildman–Crippen LogP) is 2.05. The third-order valence-electron chi connectivity index (χ3n) is 2.77. The van der Waals surface area contributed by atoms with Crippen LogP contribution in [0.3, 0.4) is 0 Å². The minimum Gasteiger partial charge on any atom is -0.380 e. The zero-order valence-electron chi connectivity index (χ0n) is 10.9. The molecule has 1 N–H and O–H groups in total. The first kappa shape index (κ1) is 13.0. The molecule has 1 rings (SSSR count). The van der Waals surface area contributed by atoms with Gasteiger partial charge in [0.15, 0.2) is 0 Å². The Balaban J connectivity index is 2.44. The number of nitrogens with one attached hydrogen (secondary N) is 1. The number of anilines is 1. The second-order valence-corrected chi connectivity index (χ2v) is 4.45. The molecule has 4 heteroatoms. The summed E-state index contributed by atoms with van der Waals surface area (Å²) in [5, 5.41) is 7.83. The fraction of sp³-hybridized carbons (Fsp3) is 0.750. The van der Waals surface area contributed by atoms with E-state index in [2.05, 4.69) is 49.5 Å². The lowest BCUT2D eigenvalue weighted by Gasteiger charge is -2.14. The highest BCUT2D eigenvalue weighted by Crippen LogP contribution is 2.10. The summed E-state index contributed by atoms with van der Waals surface area (Å²) in [6, 6.07) is 0.562. The molecule has 0 saturated heterocycles. The van der Waals surface area contributed by atoms with Crippen LogP contribution in [0, 0.1) is 0 Å². The first-order valence-electron chi connectivity index (χ1n) is 6.09. The quantitative estimate of drug-likeness (QED) is 0.769. The maximum atomic E-state index is 4.34. The lowest BCUT2D eigenvalue weighted by Crippen LogP contribution is -2.18. The molecule has 0 bridgehead atoms. The number of rotatable bonds is 7. The molecule has 0 atom stereocenters. The smallest absolute Gasteiger partial charge is 0.0728 e. The Bertz CT molecular complexity index is 289. The molecule has 0 aliphatic carbocycles.